The predicted molar refractivity (Wildman–Crippen MR) is 61.3 cm³/mol. The minimum atomic E-state index is -0.857. The summed E-state index contributed by atoms with van der Waals surface area (Å²) in [5.74, 6) is -1.33. The molecule has 1 aliphatic rings. The van der Waals surface area contributed by atoms with Gasteiger partial charge in [0.25, 0.3) is 0 Å². The summed E-state index contributed by atoms with van der Waals surface area (Å²) in [5.41, 5.74) is 5.22. The molecule has 6 nitrogen and oxygen atoms in total. The summed E-state index contributed by atoms with van der Waals surface area (Å²) in [7, 11) is 0. The van der Waals surface area contributed by atoms with Crippen LogP contribution in [-0.4, -0.2) is 40.4 Å². The molecule has 0 aromatic carbocycles. The average Bonchev–Trinajstić information content (AvgIpc) is 2.14. The van der Waals surface area contributed by atoms with Crippen molar-refractivity contribution in [2.45, 2.75) is 45.4 Å². The van der Waals surface area contributed by atoms with E-state index in [0.29, 0.717) is 13.0 Å². The van der Waals surface area contributed by atoms with Gasteiger partial charge in [0.1, 0.15) is 5.60 Å². The first-order chi connectivity index (χ1) is 7.70. The molecule has 1 amide bonds. The minimum absolute atomic E-state index is 0.272. The second-order valence-electron chi connectivity index (χ2n) is 5.30. The maximum Gasteiger partial charge on any atom is 0.411 e. The van der Waals surface area contributed by atoms with Crippen LogP contribution < -0.4 is 5.73 Å². The van der Waals surface area contributed by atoms with E-state index in [0.717, 1.165) is 0 Å². The molecule has 6 heteroatoms. The fraction of sp³-hybridized carbons (Fsp3) is 0.818. The molecule has 0 aromatic heterocycles. The second kappa shape index (κ2) is 4.91. The van der Waals surface area contributed by atoms with Gasteiger partial charge >= 0.3 is 12.1 Å². The van der Waals surface area contributed by atoms with Crippen LogP contribution in [0.15, 0.2) is 0 Å². The Hall–Kier alpha value is -1.30. The normalized spacial score (nSPS) is 25.5. The number of carbonyl (C=O) groups excluding carboxylic acids is 1. The van der Waals surface area contributed by atoms with Crippen molar-refractivity contribution in [3.05, 3.63) is 0 Å². The van der Waals surface area contributed by atoms with E-state index in [2.05, 4.69) is 0 Å². The van der Waals surface area contributed by atoms with Gasteiger partial charge in [-0.2, -0.15) is 0 Å². The zero-order chi connectivity index (χ0) is 13.2. The highest BCUT2D eigenvalue weighted by Crippen LogP contribution is 2.22. The van der Waals surface area contributed by atoms with E-state index in [9.17, 15) is 9.59 Å². The fourth-order valence-corrected chi connectivity index (χ4v) is 1.77. The molecule has 1 aliphatic heterocycles. The first kappa shape index (κ1) is 13.8. The Labute approximate surface area is 101 Å². The number of hydrogen-bond acceptors (Lipinski definition) is 4. The van der Waals surface area contributed by atoms with Gasteiger partial charge in [0.15, 0.2) is 0 Å². The first-order valence-electron chi connectivity index (χ1n) is 5.68. The lowest BCUT2D eigenvalue weighted by Gasteiger charge is -2.36. The molecule has 0 saturated carbocycles. The third-order valence-electron chi connectivity index (χ3n) is 2.62. The van der Waals surface area contributed by atoms with Crippen molar-refractivity contribution in [3.8, 4) is 0 Å². The zero-order valence-electron chi connectivity index (χ0n) is 10.5. The van der Waals surface area contributed by atoms with Crippen LogP contribution in [0.4, 0.5) is 4.79 Å². The molecule has 3 N–H and O–H groups in total. The molecular weight excluding hydrogens is 224 g/mol. The standard InChI is InChI=1S/C11H20N2O4/c1-11(2,3)17-10(16)13-5-4-7(9(14)15)6-8(13)12/h7-8H,4-6,12H2,1-3H3,(H,14,15). The summed E-state index contributed by atoms with van der Waals surface area (Å²) >= 11 is 0. The van der Waals surface area contributed by atoms with Crippen molar-refractivity contribution in [2.24, 2.45) is 11.7 Å². The summed E-state index contributed by atoms with van der Waals surface area (Å²) in [6.07, 6.45) is -0.370. The molecule has 0 spiro atoms. The number of likely N-dealkylation sites (tertiary alicyclic amines) is 1. The summed E-state index contributed by atoms with van der Waals surface area (Å²) in [6.45, 7) is 5.66. The van der Waals surface area contributed by atoms with Crippen LogP contribution in [0.1, 0.15) is 33.6 Å². The number of hydrogen-bond donors (Lipinski definition) is 2. The summed E-state index contributed by atoms with van der Waals surface area (Å²) in [5, 5.41) is 8.88. The van der Waals surface area contributed by atoms with E-state index in [1.54, 1.807) is 20.8 Å². The minimum Gasteiger partial charge on any atom is -0.481 e. The maximum atomic E-state index is 11.8. The molecule has 0 aromatic rings. The van der Waals surface area contributed by atoms with Crippen LogP contribution in [0.5, 0.6) is 0 Å². The monoisotopic (exact) mass is 244 g/mol. The Morgan fingerprint density at radius 2 is 2.00 bits per heavy atom. The van der Waals surface area contributed by atoms with Gasteiger partial charge in [-0.3, -0.25) is 9.69 Å². The smallest absolute Gasteiger partial charge is 0.411 e. The lowest BCUT2D eigenvalue weighted by Crippen LogP contribution is -2.53. The van der Waals surface area contributed by atoms with Crippen molar-refractivity contribution in [1.29, 1.82) is 0 Å². The SMILES string of the molecule is CC(C)(C)OC(=O)N1CCC(C(=O)O)CC1N. The second-order valence-corrected chi connectivity index (χ2v) is 5.30. The number of amides is 1. The number of aliphatic carboxylic acids is 1. The van der Waals surface area contributed by atoms with Crippen LogP contribution in [0.2, 0.25) is 0 Å². The van der Waals surface area contributed by atoms with Crippen LogP contribution in [0.3, 0.4) is 0 Å². The predicted octanol–water partition coefficient (Wildman–Crippen LogP) is 1.00. The van der Waals surface area contributed by atoms with Gasteiger partial charge in [-0.15, -0.1) is 0 Å². The summed E-state index contributed by atoms with van der Waals surface area (Å²) in [4.78, 5) is 24.0. The molecule has 98 valence electrons. The average molecular weight is 244 g/mol. The quantitative estimate of drug-likeness (QED) is 0.717. The number of carboxylic acids is 1. The van der Waals surface area contributed by atoms with Crippen molar-refractivity contribution in [2.75, 3.05) is 6.54 Å². The molecule has 1 fully saturated rings. The third-order valence-corrected chi connectivity index (χ3v) is 2.62. The van der Waals surface area contributed by atoms with Gasteiger partial charge < -0.3 is 15.6 Å². The van der Waals surface area contributed by atoms with E-state index in [1.807, 2.05) is 0 Å². The van der Waals surface area contributed by atoms with Crippen LogP contribution in [-0.2, 0) is 9.53 Å². The Morgan fingerprint density at radius 3 is 2.41 bits per heavy atom. The molecule has 2 unspecified atom stereocenters. The summed E-state index contributed by atoms with van der Waals surface area (Å²) < 4.78 is 5.20. The lowest BCUT2D eigenvalue weighted by atomic mass is 9.95. The van der Waals surface area contributed by atoms with Gasteiger partial charge in [-0.25, -0.2) is 4.79 Å². The molecule has 2 atom stereocenters. The van der Waals surface area contributed by atoms with E-state index in [-0.39, 0.29) is 6.42 Å². The third kappa shape index (κ3) is 3.89. The highest BCUT2D eigenvalue weighted by molar-refractivity contribution is 5.72. The Kier molecular flexibility index (Phi) is 3.98. The topological polar surface area (TPSA) is 92.9 Å². The van der Waals surface area contributed by atoms with Gasteiger partial charge in [0, 0.05) is 6.54 Å². The van der Waals surface area contributed by atoms with Crippen molar-refractivity contribution in [1.82, 2.24) is 4.90 Å². The van der Waals surface area contributed by atoms with Gasteiger partial charge in [0.2, 0.25) is 0 Å². The number of rotatable bonds is 1. The van der Waals surface area contributed by atoms with Crippen molar-refractivity contribution < 1.29 is 19.4 Å². The summed E-state index contributed by atoms with van der Waals surface area (Å²) in [6, 6.07) is 0. The number of piperidine rings is 1. The van der Waals surface area contributed by atoms with Crippen molar-refractivity contribution >= 4 is 12.1 Å². The van der Waals surface area contributed by atoms with Gasteiger partial charge in [0.05, 0.1) is 12.1 Å². The van der Waals surface area contributed by atoms with Crippen LogP contribution in [0.25, 0.3) is 0 Å². The molecule has 0 radical (unpaired) electrons. The molecular formula is C11H20N2O4. The number of ether oxygens (including phenoxy) is 1. The largest absolute Gasteiger partial charge is 0.481 e. The van der Waals surface area contributed by atoms with E-state index >= 15 is 0 Å². The number of nitrogens with two attached hydrogens (primary N) is 1. The number of nitrogens with zero attached hydrogens (tertiary/aromatic N) is 1. The molecule has 1 rings (SSSR count). The molecule has 1 heterocycles. The highest BCUT2D eigenvalue weighted by atomic mass is 16.6. The first-order valence-corrected chi connectivity index (χ1v) is 5.68. The number of carbonyl (C=O) groups is 2. The Morgan fingerprint density at radius 1 is 1.41 bits per heavy atom. The highest BCUT2D eigenvalue weighted by Gasteiger charge is 2.34. The van der Waals surface area contributed by atoms with Gasteiger partial charge in [-0.1, -0.05) is 0 Å². The Balaban J connectivity index is 2.58. The molecule has 1 saturated heterocycles. The molecule has 17 heavy (non-hydrogen) atoms. The van der Waals surface area contributed by atoms with E-state index in [1.165, 1.54) is 4.90 Å². The number of carboxylic acid groups (broad SMARTS) is 1. The zero-order valence-corrected chi connectivity index (χ0v) is 10.5. The van der Waals surface area contributed by atoms with Crippen LogP contribution in [0, 0.1) is 5.92 Å². The maximum absolute atomic E-state index is 11.8. The lowest BCUT2D eigenvalue weighted by molar-refractivity contribution is -0.144. The van der Waals surface area contributed by atoms with E-state index in [4.69, 9.17) is 15.6 Å². The fourth-order valence-electron chi connectivity index (χ4n) is 1.77. The molecule has 0 aliphatic carbocycles. The van der Waals surface area contributed by atoms with Crippen LogP contribution >= 0.6 is 0 Å². The Bertz CT molecular complexity index is 311. The molecule has 0 bridgehead atoms. The van der Waals surface area contributed by atoms with Crippen molar-refractivity contribution in [3.63, 3.8) is 0 Å². The van der Waals surface area contributed by atoms with Gasteiger partial charge in [-0.05, 0) is 33.6 Å². The van der Waals surface area contributed by atoms with E-state index < -0.39 is 29.7 Å².